The van der Waals surface area contributed by atoms with Crippen LogP contribution >= 0.6 is 27.5 Å². The number of ether oxygens (including phenoxy) is 2. The fourth-order valence-corrected chi connectivity index (χ4v) is 2.46. The molecule has 0 saturated carbocycles. The van der Waals surface area contributed by atoms with Gasteiger partial charge in [-0.2, -0.15) is 0 Å². The fraction of sp³-hybridized carbons (Fsp3) is 0.143. The van der Waals surface area contributed by atoms with E-state index in [1.807, 2.05) is 12.1 Å². The number of hydrogen-bond donors (Lipinski definition) is 0. The molecule has 1 aliphatic rings. The van der Waals surface area contributed by atoms with Gasteiger partial charge in [-0.25, -0.2) is 4.39 Å². The van der Waals surface area contributed by atoms with E-state index in [0.29, 0.717) is 22.1 Å². The molecule has 0 N–H and O–H groups in total. The molecule has 5 heteroatoms. The van der Waals surface area contributed by atoms with E-state index in [2.05, 4.69) is 15.9 Å². The molecule has 2 aromatic rings. The van der Waals surface area contributed by atoms with Gasteiger partial charge in [-0.3, -0.25) is 0 Å². The van der Waals surface area contributed by atoms with Gasteiger partial charge in [0.05, 0.1) is 0 Å². The van der Waals surface area contributed by atoms with E-state index in [9.17, 15) is 4.39 Å². The molecule has 0 fully saturated rings. The van der Waals surface area contributed by atoms with E-state index >= 15 is 0 Å². The molecule has 2 aromatic carbocycles. The summed E-state index contributed by atoms with van der Waals surface area (Å²) in [7, 11) is 0. The molecule has 0 aliphatic carbocycles. The Hall–Kier alpha value is -1.26. The molecule has 2 nitrogen and oxygen atoms in total. The van der Waals surface area contributed by atoms with Crippen molar-refractivity contribution >= 4 is 27.5 Å². The van der Waals surface area contributed by atoms with Gasteiger partial charge in [0.1, 0.15) is 12.4 Å². The number of benzene rings is 2. The van der Waals surface area contributed by atoms with Crippen molar-refractivity contribution in [2.45, 2.75) is 6.10 Å². The minimum absolute atomic E-state index is 0.266. The summed E-state index contributed by atoms with van der Waals surface area (Å²) in [6.07, 6.45) is -0.467. The molecular formula is C14H9BrClFO2. The Balaban J connectivity index is 1.91. The number of rotatable bonds is 1. The molecule has 0 amide bonds. The zero-order chi connectivity index (χ0) is 13.4. The molecule has 0 spiro atoms. The van der Waals surface area contributed by atoms with Gasteiger partial charge in [-0.1, -0.05) is 33.6 Å². The third kappa shape index (κ3) is 2.55. The summed E-state index contributed by atoms with van der Waals surface area (Å²) >= 11 is 9.10. The van der Waals surface area contributed by atoms with Crippen LogP contribution in [0.5, 0.6) is 11.5 Å². The third-order valence-corrected chi connectivity index (χ3v) is 3.60. The quantitative estimate of drug-likeness (QED) is 0.743. The summed E-state index contributed by atoms with van der Waals surface area (Å²) in [6.45, 7) is 0.266. The predicted octanol–water partition coefficient (Wildman–Crippen LogP) is 4.75. The van der Waals surface area contributed by atoms with Crippen molar-refractivity contribution in [1.29, 1.82) is 0 Å². The summed E-state index contributed by atoms with van der Waals surface area (Å²) in [4.78, 5) is 0. The van der Waals surface area contributed by atoms with Crippen LogP contribution < -0.4 is 9.47 Å². The van der Waals surface area contributed by atoms with E-state index in [4.69, 9.17) is 21.1 Å². The van der Waals surface area contributed by atoms with Crippen molar-refractivity contribution in [3.63, 3.8) is 0 Å². The van der Waals surface area contributed by atoms with Gasteiger partial charge in [0.2, 0.25) is 0 Å². The minimum Gasteiger partial charge on any atom is -0.485 e. The van der Waals surface area contributed by atoms with Crippen molar-refractivity contribution in [2.24, 2.45) is 0 Å². The van der Waals surface area contributed by atoms with Crippen molar-refractivity contribution in [3.8, 4) is 11.5 Å². The van der Waals surface area contributed by atoms with Crippen LogP contribution in [-0.4, -0.2) is 6.61 Å². The Bertz CT molecular complexity index is 633. The monoisotopic (exact) mass is 342 g/mol. The Morgan fingerprint density at radius 1 is 1.16 bits per heavy atom. The third-order valence-electron chi connectivity index (χ3n) is 2.87. The molecule has 0 radical (unpaired) electrons. The van der Waals surface area contributed by atoms with Gasteiger partial charge in [0, 0.05) is 15.1 Å². The molecule has 0 saturated heterocycles. The average molecular weight is 344 g/mol. The van der Waals surface area contributed by atoms with Gasteiger partial charge in [0.25, 0.3) is 0 Å². The van der Waals surface area contributed by atoms with Gasteiger partial charge in [-0.15, -0.1) is 0 Å². The van der Waals surface area contributed by atoms with Crippen LogP contribution in [0.15, 0.2) is 40.9 Å². The zero-order valence-electron chi connectivity index (χ0n) is 9.70. The van der Waals surface area contributed by atoms with E-state index in [1.165, 1.54) is 6.07 Å². The second-order valence-corrected chi connectivity index (χ2v) is 5.53. The van der Waals surface area contributed by atoms with Gasteiger partial charge < -0.3 is 9.47 Å². The summed E-state index contributed by atoms with van der Waals surface area (Å²) in [5.41, 5.74) is 0.443. The first-order chi connectivity index (χ1) is 9.13. The Labute approximate surface area is 123 Å². The topological polar surface area (TPSA) is 18.5 Å². The molecule has 98 valence electrons. The highest BCUT2D eigenvalue weighted by atomic mass is 79.9. The largest absolute Gasteiger partial charge is 0.485 e. The Morgan fingerprint density at radius 2 is 2.00 bits per heavy atom. The molecule has 19 heavy (non-hydrogen) atoms. The van der Waals surface area contributed by atoms with E-state index in [1.54, 1.807) is 18.2 Å². The van der Waals surface area contributed by atoms with Crippen LogP contribution in [0.3, 0.4) is 0 Å². The standard InChI is InChI=1S/C14H9BrClFO2/c15-8-1-4-12-13(5-8)18-7-14(19-12)10-3-2-9(16)6-11(10)17/h1-6,14H,7H2. The minimum atomic E-state index is -0.467. The van der Waals surface area contributed by atoms with Crippen LogP contribution in [0.2, 0.25) is 5.02 Å². The number of halogens is 3. The van der Waals surface area contributed by atoms with E-state index < -0.39 is 6.10 Å². The molecular weight excluding hydrogens is 335 g/mol. The summed E-state index contributed by atoms with van der Waals surface area (Å²) in [5, 5.41) is 0.363. The SMILES string of the molecule is Fc1cc(Cl)ccc1C1COc2cc(Br)ccc2O1. The van der Waals surface area contributed by atoms with Crippen molar-refractivity contribution in [2.75, 3.05) is 6.61 Å². The van der Waals surface area contributed by atoms with Gasteiger partial charge >= 0.3 is 0 Å². The van der Waals surface area contributed by atoms with Crippen LogP contribution in [0, 0.1) is 5.82 Å². The highest BCUT2D eigenvalue weighted by molar-refractivity contribution is 9.10. The molecule has 0 bridgehead atoms. The lowest BCUT2D eigenvalue weighted by atomic mass is 10.1. The van der Waals surface area contributed by atoms with E-state index in [0.717, 1.165) is 4.47 Å². The molecule has 1 unspecified atom stereocenters. The maximum Gasteiger partial charge on any atom is 0.162 e. The van der Waals surface area contributed by atoms with Gasteiger partial charge in [0.15, 0.2) is 17.6 Å². The summed E-state index contributed by atoms with van der Waals surface area (Å²) in [6, 6.07) is 10.00. The first-order valence-electron chi connectivity index (χ1n) is 5.67. The fourth-order valence-electron chi connectivity index (χ4n) is 1.96. The zero-order valence-corrected chi connectivity index (χ0v) is 12.0. The number of hydrogen-bond acceptors (Lipinski definition) is 2. The second kappa shape index (κ2) is 5.02. The highest BCUT2D eigenvalue weighted by Gasteiger charge is 2.25. The predicted molar refractivity (Wildman–Crippen MR) is 74.4 cm³/mol. The van der Waals surface area contributed by atoms with Crippen molar-refractivity contribution in [3.05, 3.63) is 57.3 Å². The lowest BCUT2D eigenvalue weighted by molar-refractivity contribution is 0.0885. The maximum absolute atomic E-state index is 13.8. The number of fused-ring (bicyclic) bond motifs is 1. The molecule has 1 heterocycles. The van der Waals surface area contributed by atoms with Crippen LogP contribution in [-0.2, 0) is 0 Å². The van der Waals surface area contributed by atoms with Gasteiger partial charge in [-0.05, 0) is 30.3 Å². The Morgan fingerprint density at radius 3 is 2.79 bits per heavy atom. The molecule has 1 aliphatic heterocycles. The molecule has 0 aromatic heterocycles. The Kier molecular flexibility index (Phi) is 3.37. The molecule has 1 atom stereocenters. The smallest absolute Gasteiger partial charge is 0.162 e. The maximum atomic E-state index is 13.8. The average Bonchev–Trinajstić information content (AvgIpc) is 2.38. The van der Waals surface area contributed by atoms with E-state index in [-0.39, 0.29) is 12.4 Å². The van der Waals surface area contributed by atoms with Crippen molar-refractivity contribution in [1.82, 2.24) is 0 Å². The van der Waals surface area contributed by atoms with Crippen molar-refractivity contribution < 1.29 is 13.9 Å². The highest BCUT2D eigenvalue weighted by Crippen LogP contribution is 2.38. The summed E-state index contributed by atoms with van der Waals surface area (Å²) in [5.74, 6) is 0.871. The van der Waals surface area contributed by atoms with Crippen LogP contribution in [0.25, 0.3) is 0 Å². The lowest BCUT2D eigenvalue weighted by Crippen LogP contribution is -2.22. The first-order valence-corrected chi connectivity index (χ1v) is 6.84. The molecule has 3 rings (SSSR count). The lowest BCUT2D eigenvalue weighted by Gasteiger charge is -2.27. The van der Waals surface area contributed by atoms with Crippen LogP contribution in [0.1, 0.15) is 11.7 Å². The van der Waals surface area contributed by atoms with Crippen LogP contribution in [0.4, 0.5) is 4.39 Å². The second-order valence-electron chi connectivity index (χ2n) is 4.17. The summed E-state index contributed by atoms with van der Waals surface area (Å²) < 4.78 is 26.1. The normalized spacial score (nSPS) is 17.3. The first kappa shape index (κ1) is 12.8.